The molecule has 3 aromatic carbocycles. The van der Waals surface area contributed by atoms with Crippen LogP contribution in [0.15, 0.2) is 71.6 Å². The normalized spacial score (nSPS) is 11.1. The number of sulfonamides is 1. The summed E-state index contributed by atoms with van der Waals surface area (Å²) in [5.74, 6) is -0.141. The van der Waals surface area contributed by atoms with Crippen molar-refractivity contribution in [2.45, 2.75) is 18.4 Å². The number of hydrogen-bond acceptors (Lipinski definition) is 6. The molecule has 0 atom stereocenters. The number of benzene rings is 3. The summed E-state index contributed by atoms with van der Waals surface area (Å²) in [6.45, 7) is 1.51. The smallest absolute Gasteiger partial charge is 0.274 e. The number of carbonyl (C=O) groups excluding carboxylic acids is 1. The van der Waals surface area contributed by atoms with E-state index in [1.807, 2.05) is 6.92 Å². The Balaban J connectivity index is 2.21. The summed E-state index contributed by atoms with van der Waals surface area (Å²) in [6, 6.07) is 17.0. The molecule has 3 aromatic rings. The van der Waals surface area contributed by atoms with E-state index in [0.29, 0.717) is 11.3 Å². The molecule has 0 unspecified atom stereocenters. The lowest BCUT2D eigenvalue weighted by atomic mass is 10.1. The summed E-state index contributed by atoms with van der Waals surface area (Å²) in [4.78, 5) is 13.2. The number of aliphatic hydroxyl groups is 1. The molecule has 0 aliphatic heterocycles. The monoisotopic (exact) mass is 441 g/mol. The molecule has 0 heterocycles. The molecule has 31 heavy (non-hydrogen) atoms. The highest BCUT2D eigenvalue weighted by Crippen LogP contribution is 2.33. The van der Waals surface area contributed by atoms with E-state index in [9.17, 15) is 18.3 Å². The Labute approximate surface area is 181 Å². The van der Waals surface area contributed by atoms with E-state index in [4.69, 9.17) is 9.47 Å². The fourth-order valence-corrected chi connectivity index (χ4v) is 4.64. The highest BCUT2D eigenvalue weighted by molar-refractivity contribution is 7.93. The third-order valence-corrected chi connectivity index (χ3v) is 6.45. The minimum atomic E-state index is -4.40. The van der Waals surface area contributed by atoms with E-state index in [1.54, 1.807) is 42.5 Å². The third-order valence-electron chi connectivity index (χ3n) is 4.72. The fraction of sp³-hybridized carbons (Fsp3) is 0.174. The standard InChI is InChI=1S/C23H23NO6S/c1-16-4-7-18(8-5-16)23(26)24(19-9-11-20(29-2)12-10-19)31(27,28)22-14-17(15-25)6-13-21(22)30-3/h4-14,25H,15H2,1-3H3. The van der Waals surface area contributed by atoms with Gasteiger partial charge in [-0.15, -0.1) is 0 Å². The first-order chi connectivity index (χ1) is 14.8. The highest BCUT2D eigenvalue weighted by Gasteiger charge is 2.34. The Kier molecular flexibility index (Phi) is 6.62. The van der Waals surface area contributed by atoms with Crippen LogP contribution in [0.1, 0.15) is 21.5 Å². The van der Waals surface area contributed by atoms with Gasteiger partial charge in [0, 0.05) is 5.56 Å². The lowest BCUT2D eigenvalue weighted by Crippen LogP contribution is -2.37. The van der Waals surface area contributed by atoms with Crippen molar-refractivity contribution in [3.05, 3.63) is 83.4 Å². The Bertz CT molecular complexity index is 1170. The molecule has 3 rings (SSSR count). The molecule has 0 aliphatic rings. The van der Waals surface area contributed by atoms with Gasteiger partial charge >= 0.3 is 0 Å². The number of rotatable bonds is 7. The van der Waals surface area contributed by atoms with Crippen molar-refractivity contribution in [1.29, 1.82) is 0 Å². The van der Waals surface area contributed by atoms with Gasteiger partial charge in [-0.05, 0) is 61.0 Å². The molecule has 0 radical (unpaired) electrons. The Morgan fingerprint density at radius 3 is 2.13 bits per heavy atom. The van der Waals surface area contributed by atoms with Crippen molar-refractivity contribution in [2.75, 3.05) is 18.5 Å². The number of aryl methyl sites for hydroxylation is 1. The predicted molar refractivity (Wildman–Crippen MR) is 117 cm³/mol. The summed E-state index contributed by atoms with van der Waals surface area (Å²) in [7, 11) is -1.57. The lowest BCUT2D eigenvalue weighted by molar-refractivity contribution is 0.101. The SMILES string of the molecule is COc1ccc(N(C(=O)c2ccc(C)cc2)S(=O)(=O)c2cc(CO)ccc2OC)cc1. The Morgan fingerprint density at radius 2 is 1.58 bits per heavy atom. The van der Waals surface area contributed by atoms with Gasteiger partial charge in [-0.2, -0.15) is 4.31 Å². The molecule has 7 nitrogen and oxygen atoms in total. The zero-order chi connectivity index (χ0) is 22.6. The van der Waals surface area contributed by atoms with Crippen LogP contribution in [0.4, 0.5) is 5.69 Å². The van der Waals surface area contributed by atoms with Crippen molar-refractivity contribution in [3.8, 4) is 11.5 Å². The van der Waals surface area contributed by atoms with Gasteiger partial charge in [-0.1, -0.05) is 23.8 Å². The van der Waals surface area contributed by atoms with Gasteiger partial charge in [0.1, 0.15) is 16.4 Å². The average molecular weight is 442 g/mol. The Hall–Kier alpha value is -3.36. The number of ether oxygens (including phenoxy) is 2. The van der Waals surface area contributed by atoms with Crippen LogP contribution >= 0.6 is 0 Å². The molecule has 0 aromatic heterocycles. The zero-order valence-electron chi connectivity index (χ0n) is 17.4. The van der Waals surface area contributed by atoms with E-state index in [0.717, 1.165) is 9.87 Å². The summed E-state index contributed by atoms with van der Waals surface area (Å²) in [5.41, 5.74) is 1.66. The summed E-state index contributed by atoms with van der Waals surface area (Å²) in [5, 5.41) is 9.49. The second-order valence-corrected chi connectivity index (χ2v) is 8.54. The van der Waals surface area contributed by atoms with Gasteiger partial charge < -0.3 is 14.6 Å². The quantitative estimate of drug-likeness (QED) is 0.603. The summed E-state index contributed by atoms with van der Waals surface area (Å²) in [6.07, 6.45) is 0. The number of nitrogens with zero attached hydrogens (tertiary/aromatic N) is 1. The maximum absolute atomic E-state index is 13.7. The number of amides is 1. The molecule has 0 saturated heterocycles. The maximum Gasteiger partial charge on any atom is 0.274 e. The number of aliphatic hydroxyl groups excluding tert-OH is 1. The van der Waals surface area contributed by atoms with Crippen LogP contribution in [0.3, 0.4) is 0 Å². The lowest BCUT2D eigenvalue weighted by Gasteiger charge is -2.24. The van der Waals surface area contributed by atoms with Crippen LogP contribution in [-0.2, 0) is 16.6 Å². The number of hydrogen-bond donors (Lipinski definition) is 1. The van der Waals surface area contributed by atoms with Crippen molar-refractivity contribution in [3.63, 3.8) is 0 Å². The molecule has 162 valence electrons. The van der Waals surface area contributed by atoms with Crippen LogP contribution in [0.2, 0.25) is 0 Å². The van der Waals surface area contributed by atoms with Crippen LogP contribution in [0, 0.1) is 6.92 Å². The Morgan fingerprint density at radius 1 is 0.935 bits per heavy atom. The minimum absolute atomic E-state index is 0.0624. The van der Waals surface area contributed by atoms with Gasteiger partial charge in [0.25, 0.3) is 15.9 Å². The first-order valence-electron chi connectivity index (χ1n) is 9.40. The second kappa shape index (κ2) is 9.20. The van der Waals surface area contributed by atoms with Crippen molar-refractivity contribution in [1.82, 2.24) is 0 Å². The third kappa shape index (κ3) is 4.55. The van der Waals surface area contributed by atoms with Crippen molar-refractivity contribution < 1.29 is 27.8 Å². The fourth-order valence-electron chi connectivity index (χ4n) is 3.02. The van der Waals surface area contributed by atoms with Crippen molar-refractivity contribution in [2.24, 2.45) is 0 Å². The summed E-state index contributed by atoms with van der Waals surface area (Å²) >= 11 is 0. The molecule has 0 saturated carbocycles. The molecule has 0 fully saturated rings. The van der Waals surface area contributed by atoms with Gasteiger partial charge in [0.15, 0.2) is 0 Å². The van der Waals surface area contributed by atoms with Crippen LogP contribution in [0.25, 0.3) is 0 Å². The largest absolute Gasteiger partial charge is 0.497 e. The molecule has 1 amide bonds. The van der Waals surface area contributed by atoms with Gasteiger partial charge in [-0.25, -0.2) is 8.42 Å². The van der Waals surface area contributed by atoms with Crippen LogP contribution in [-0.4, -0.2) is 33.7 Å². The van der Waals surface area contributed by atoms with E-state index in [-0.39, 0.29) is 28.5 Å². The van der Waals surface area contributed by atoms with Crippen LogP contribution < -0.4 is 13.8 Å². The zero-order valence-corrected chi connectivity index (χ0v) is 18.2. The van der Waals surface area contributed by atoms with E-state index >= 15 is 0 Å². The number of carbonyl (C=O) groups is 1. The first kappa shape index (κ1) is 22.3. The van der Waals surface area contributed by atoms with Crippen molar-refractivity contribution >= 4 is 21.6 Å². The molecule has 0 spiro atoms. The summed E-state index contributed by atoms with van der Waals surface area (Å²) < 4.78 is 38.6. The molecule has 8 heteroatoms. The predicted octanol–water partition coefficient (Wildman–Crippen LogP) is 3.54. The van der Waals surface area contributed by atoms with Gasteiger partial charge in [-0.3, -0.25) is 4.79 Å². The average Bonchev–Trinajstić information content (AvgIpc) is 2.79. The second-order valence-electron chi connectivity index (χ2n) is 6.78. The molecular formula is C23H23NO6S. The maximum atomic E-state index is 13.7. The van der Waals surface area contributed by atoms with E-state index in [2.05, 4.69) is 0 Å². The van der Waals surface area contributed by atoms with Gasteiger partial charge in [0.05, 0.1) is 26.5 Å². The van der Waals surface area contributed by atoms with E-state index < -0.39 is 15.9 Å². The molecule has 0 bridgehead atoms. The van der Waals surface area contributed by atoms with E-state index in [1.165, 1.54) is 38.5 Å². The number of anilines is 1. The number of methoxy groups -OCH3 is 2. The topological polar surface area (TPSA) is 93.1 Å². The van der Waals surface area contributed by atoms with Gasteiger partial charge in [0.2, 0.25) is 0 Å². The molecular weight excluding hydrogens is 418 g/mol. The minimum Gasteiger partial charge on any atom is -0.497 e. The first-order valence-corrected chi connectivity index (χ1v) is 10.8. The van der Waals surface area contributed by atoms with Crippen LogP contribution in [0.5, 0.6) is 11.5 Å². The molecule has 1 N–H and O–H groups in total. The molecule has 0 aliphatic carbocycles. The highest BCUT2D eigenvalue weighted by atomic mass is 32.2.